The van der Waals surface area contributed by atoms with Gasteiger partial charge in [0.05, 0.1) is 6.61 Å². The summed E-state index contributed by atoms with van der Waals surface area (Å²) in [5.74, 6) is 0.876. The lowest BCUT2D eigenvalue weighted by Crippen LogP contribution is -2.30. The molecule has 31 heavy (non-hydrogen) atoms. The van der Waals surface area contributed by atoms with Gasteiger partial charge in [-0.15, -0.1) is 0 Å². The standard InChI is InChI=1S/C25H26N2O4/c1-4-30-22-15-11-21(12-16-22)27-25(29)19-7-9-20(10-8-19)26-24(28)18(3)31-23-13-5-17(2)6-14-23/h5-16,18H,4H2,1-3H3,(H,26,28)(H,27,29). The Morgan fingerprint density at radius 2 is 1.35 bits per heavy atom. The largest absolute Gasteiger partial charge is 0.494 e. The van der Waals surface area contributed by atoms with Crippen molar-refractivity contribution in [1.29, 1.82) is 0 Å². The van der Waals surface area contributed by atoms with E-state index < -0.39 is 6.10 Å². The summed E-state index contributed by atoms with van der Waals surface area (Å²) in [6, 6.07) is 21.4. The van der Waals surface area contributed by atoms with Crippen LogP contribution in [0.1, 0.15) is 29.8 Å². The van der Waals surface area contributed by atoms with Crippen LogP contribution in [0.5, 0.6) is 11.5 Å². The van der Waals surface area contributed by atoms with Crippen molar-refractivity contribution < 1.29 is 19.1 Å². The molecule has 1 atom stereocenters. The minimum Gasteiger partial charge on any atom is -0.494 e. The van der Waals surface area contributed by atoms with E-state index in [0.717, 1.165) is 11.3 Å². The van der Waals surface area contributed by atoms with E-state index in [2.05, 4.69) is 10.6 Å². The maximum atomic E-state index is 12.4. The number of benzene rings is 3. The SMILES string of the molecule is CCOc1ccc(NC(=O)c2ccc(NC(=O)C(C)Oc3ccc(C)cc3)cc2)cc1. The van der Waals surface area contributed by atoms with Gasteiger partial charge in [0.15, 0.2) is 6.10 Å². The first-order chi connectivity index (χ1) is 14.9. The van der Waals surface area contributed by atoms with E-state index in [-0.39, 0.29) is 11.8 Å². The van der Waals surface area contributed by atoms with E-state index in [9.17, 15) is 9.59 Å². The minimum atomic E-state index is -0.662. The topological polar surface area (TPSA) is 76.7 Å². The monoisotopic (exact) mass is 418 g/mol. The number of nitrogens with one attached hydrogen (secondary N) is 2. The molecule has 0 aliphatic heterocycles. The van der Waals surface area contributed by atoms with E-state index in [1.165, 1.54) is 0 Å². The lowest BCUT2D eigenvalue weighted by Gasteiger charge is -2.15. The molecule has 1 unspecified atom stereocenters. The van der Waals surface area contributed by atoms with Gasteiger partial charge in [-0.1, -0.05) is 17.7 Å². The third-order valence-electron chi connectivity index (χ3n) is 4.54. The molecule has 0 saturated heterocycles. The van der Waals surface area contributed by atoms with Crippen molar-refractivity contribution in [1.82, 2.24) is 0 Å². The lowest BCUT2D eigenvalue weighted by atomic mass is 10.2. The van der Waals surface area contributed by atoms with Gasteiger partial charge in [-0.25, -0.2) is 0 Å². The van der Waals surface area contributed by atoms with Crippen LogP contribution >= 0.6 is 0 Å². The Balaban J connectivity index is 1.54. The van der Waals surface area contributed by atoms with Gasteiger partial charge in [0.2, 0.25) is 0 Å². The Kier molecular flexibility index (Phi) is 7.27. The van der Waals surface area contributed by atoms with Gasteiger partial charge in [-0.05, 0) is 81.4 Å². The average molecular weight is 418 g/mol. The number of aryl methyl sites for hydroxylation is 1. The van der Waals surface area contributed by atoms with Crippen LogP contribution in [0.15, 0.2) is 72.8 Å². The normalized spacial score (nSPS) is 11.3. The Morgan fingerprint density at radius 3 is 1.97 bits per heavy atom. The van der Waals surface area contributed by atoms with Crippen LogP contribution in [0.25, 0.3) is 0 Å². The molecule has 160 valence electrons. The number of amides is 2. The average Bonchev–Trinajstić information content (AvgIpc) is 2.77. The molecule has 0 aliphatic carbocycles. The van der Waals surface area contributed by atoms with Gasteiger partial charge in [-0.2, -0.15) is 0 Å². The minimum absolute atomic E-state index is 0.238. The maximum Gasteiger partial charge on any atom is 0.265 e. The molecule has 0 heterocycles. The van der Waals surface area contributed by atoms with Crippen LogP contribution in [0.3, 0.4) is 0 Å². The highest BCUT2D eigenvalue weighted by molar-refractivity contribution is 6.04. The number of carbonyl (C=O) groups is 2. The van der Waals surface area contributed by atoms with E-state index in [1.54, 1.807) is 55.5 Å². The third kappa shape index (κ3) is 6.34. The zero-order valence-corrected chi connectivity index (χ0v) is 17.8. The molecule has 6 nitrogen and oxygen atoms in total. The van der Waals surface area contributed by atoms with Crippen molar-refractivity contribution in [2.45, 2.75) is 26.9 Å². The first-order valence-corrected chi connectivity index (χ1v) is 10.1. The smallest absolute Gasteiger partial charge is 0.265 e. The summed E-state index contributed by atoms with van der Waals surface area (Å²) in [4.78, 5) is 24.8. The van der Waals surface area contributed by atoms with Gasteiger partial charge in [0.25, 0.3) is 11.8 Å². The molecule has 0 fully saturated rings. The summed E-state index contributed by atoms with van der Waals surface area (Å²) in [6.07, 6.45) is -0.662. The molecule has 3 rings (SSSR count). The molecule has 3 aromatic rings. The quantitative estimate of drug-likeness (QED) is 0.537. The third-order valence-corrected chi connectivity index (χ3v) is 4.54. The highest BCUT2D eigenvalue weighted by Crippen LogP contribution is 2.18. The fraction of sp³-hybridized carbons (Fsp3) is 0.200. The zero-order chi connectivity index (χ0) is 22.2. The van der Waals surface area contributed by atoms with Crippen molar-refractivity contribution in [3.05, 3.63) is 83.9 Å². The number of anilines is 2. The van der Waals surface area contributed by atoms with Gasteiger partial charge < -0.3 is 20.1 Å². The van der Waals surface area contributed by atoms with Crippen LogP contribution in [0.2, 0.25) is 0 Å². The Labute approximate surface area is 182 Å². The second-order valence-corrected chi connectivity index (χ2v) is 7.05. The van der Waals surface area contributed by atoms with Crippen LogP contribution in [0.4, 0.5) is 11.4 Å². The second-order valence-electron chi connectivity index (χ2n) is 7.05. The van der Waals surface area contributed by atoms with Gasteiger partial charge in [0, 0.05) is 16.9 Å². The number of hydrogen-bond acceptors (Lipinski definition) is 4. The lowest BCUT2D eigenvalue weighted by molar-refractivity contribution is -0.122. The van der Waals surface area contributed by atoms with Crippen LogP contribution < -0.4 is 20.1 Å². The molecule has 6 heteroatoms. The summed E-state index contributed by atoms with van der Waals surface area (Å²) in [7, 11) is 0. The fourth-order valence-corrected chi connectivity index (χ4v) is 2.83. The summed E-state index contributed by atoms with van der Waals surface area (Å²) >= 11 is 0. The molecule has 0 radical (unpaired) electrons. The molecule has 0 saturated carbocycles. The van der Waals surface area contributed by atoms with Crippen molar-refractivity contribution in [2.75, 3.05) is 17.2 Å². The highest BCUT2D eigenvalue weighted by atomic mass is 16.5. The van der Waals surface area contributed by atoms with Crippen LogP contribution in [-0.4, -0.2) is 24.5 Å². The highest BCUT2D eigenvalue weighted by Gasteiger charge is 2.15. The molecule has 2 N–H and O–H groups in total. The molecule has 0 aliphatic rings. The number of rotatable bonds is 8. The predicted octanol–water partition coefficient (Wildman–Crippen LogP) is 5.05. The predicted molar refractivity (Wildman–Crippen MR) is 122 cm³/mol. The van der Waals surface area contributed by atoms with E-state index in [1.807, 2.05) is 38.1 Å². The molecular formula is C25H26N2O4. The summed E-state index contributed by atoms with van der Waals surface area (Å²) in [5.41, 5.74) is 2.86. The van der Waals surface area contributed by atoms with E-state index in [4.69, 9.17) is 9.47 Å². The summed E-state index contributed by atoms with van der Waals surface area (Å²) in [5, 5.41) is 5.63. The van der Waals surface area contributed by atoms with Crippen LogP contribution in [0, 0.1) is 6.92 Å². The molecule has 3 aromatic carbocycles. The first kappa shape index (κ1) is 21.9. The summed E-state index contributed by atoms with van der Waals surface area (Å²) in [6.45, 7) is 6.18. The molecule has 0 spiro atoms. The number of carbonyl (C=O) groups excluding carboxylic acids is 2. The van der Waals surface area contributed by atoms with Crippen molar-refractivity contribution in [2.24, 2.45) is 0 Å². The Bertz CT molecular complexity index is 1010. The Morgan fingerprint density at radius 1 is 0.806 bits per heavy atom. The molecule has 0 bridgehead atoms. The Hall–Kier alpha value is -3.80. The zero-order valence-electron chi connectivity index (χ0n) is 17.8. The van der Waals surface area contributed by atoms with E-state index >= 15 is 0 Å². The second kappa shape index (κ2) is 10.3. The number of hydrogen-bond donors (Lipinski definition) is 2. The van der Waals surface area contributed by atoms with E-state index in [0.29, 0.717) is 29.3 Å². The van der Waals surface area contributed by atoms with Gasteiger partial charge in [0.1, 0.15) is 11.5 Å². The maximum absolute atomic E-state index is 12.4. The van der Waals surface area contributed by atoms with Crippen molar-refractivity contribution in [3.8, 4) is 11.5 Å². The first-order valence-electron chi connectivity index (χ1n) is 10.1. The van der Waals surface area contributed by atoms with Crippen molar-refractivity contribution in [3.63, 3.8) is 0 Å². The number of ether oxygens (including phenoxy) is 2. The van der Waals surface area contributed by atoms with Crippen molar-refractivity contribution >= 4 is 23.2 Å². The van der Waals surface area contributed by atoms with Gasteiger partial charge in [-0.3, -0.25) is 9.59 Å². The van der Waals surface area contributed by atoms with Crippen LogP contribution in [-0.2, 0) is 4.79 Å². The molecular weight excluding hydrogens is 392 g/mol. The fourth-order valence-electron chi connectivity index (χ4n) is 2.83. The summed E-state index contributed by atoms with van der Waals surface area (Å²) < 4.78 is 11.1. The molecule has 0 aromatic heterocycles. The van der Waals surface area contributed by atoms with Gasteiger partial charge >= 0.3 is 0 Å². The molecule has 2 amide bonds.